The van der Waals surface area contributed by atoms with Crippen molar-refractivity contribution in [3.05, 3.63) is 0 Å². The fourth-order valence-electron chi connectivity index (χ4n) is 2.45. The highest BCUT2D eigenvalue weighted by Gasteiger charge is 2.54. The number of nitrogens with two attached hydrogens (primary N) is 1. The monoisotopic (exact) mass is 239 g/mol. The Kier molecular flexibility index (Phi) is 3.41. The van der Waals surface area contributed by atoms with Gasteiger partial charge in [0.05, 0.1) is 12.1 Å². The summed E-state index contributed by atoms with van der Waals surface area (Å²) in [6, 6.07) is 1.87. The molecule has 16 heavy (non-hydrogen) atoms. The molecule has 1 saturated carbocycles. The van der Waals surface area contributed by atoms with E-state index in [2.05, 4.69) is 6.07 Å². The van der Waals surface area contributed by atoms with Gasteiger partial charge >= 0.3 is 0 Å². The van der Waals surface area contributed by atoms with E-state index in [1.165, 1.54) is 0 Å². The molecule has 1 aliphatic carbocycles. The zero-order valence-corrected chi connectivity index (χ0v) is 10.2. The van der Waals surface area contributed by atoms with Crippen molar-refractivity contribution in [2.24, 2.45) is 11.7 Å². The first-order valence-electron chi connectivity index (χ1n) is 5.65. The first kappa shape index (κ1) is 11.7. The molecular weight excluding hydrogens is 222 g/mol. The van der Waals surface area contributed by atoms with Crippen LogP contribution in [0.1, 0.15) is 19.3 Å². The quantitative estimate of drug-likeness (QED) is 0.779. The Morgan fingerprint density at radius 3 is 3.06 bits per heavy atom. The van der Waals surface area contributed by atoms with Gasteiger partial charge in [0.2, 0.25) is 5.91 Å². The molecule has 0 spiro atoms. The Bertz CT molecular complexity index is 328. The topological polar surface area (TPSA) is 70.1 Å². The van der Waals surface area contributed by atoms with E-state index in [4.69, 9.17) is 11.0 Å². The number of piperidine rings is 1. The first-order valence-corrected chi connectivity index (χ1v) is 7.04. The van der Waals surface area contributed by atoms with Crippen molar-refractivity contribution in [3.8, 4) is 6.07 Å². The summed E-state index contributed by atoms with van der Waals surface area (Å²) in [5, 5.41) is 8.99. The number of hydrogen-bond donors (Lipinski definition) is 1. The predicted octanol–water partition coefficient (Wildman–Crippen LogP) is 0.580. The minimum absolute atomic E-state index is 0.0226. The summed E-state index contributed by atoms with van der Waals surface area (Å²) in [5.74, 6) is 1.44. The van der Waals surface area contributed by atoms with E-state index in [-0.39, 0.29) is 11.9 Å². The third-order valence-electron chi connectivity index (χ3n) is 3.46. The first-order chi connectivity index (χ1) is 7.69. The number of fused-ring (bicyclic) bond motifs is 1. The maximum Gasteiger partial charge on any atom is 0.240 e. The molecular formula is C11H17N3OS. The van der Waals surface area contributed by atoms with Crippen LogP contribution < -0.4 is 5.73 Å². The lowest BCUT2D eigenvalue weighted by Gasteiger charge is -2.25. The number of nitrogens with zero attached hydrogens (tertiary/aromatic N) is 2. The van der Waals surface area contributed by atoms with Gasteiger partial charge in [-0.15, -0.1) is 0 Å². The van der Waals surface area contributed by atoms with Gasteiger partial charge in [0.15, 0.2) is 0 Å². The zero-order chi connectivity index (χ0) is 11.7. The van der Waals surface area contributed by atoms with Gasteiger partial charge in [0.1, 0.15) is 6.04 Å². The highest BCUT2D eigenvalue weighted by atomic mass is 32.2. The van der Waals surface area contributed by atoms with Crippen molar-refractivity contribution >= 4 is 17.7 Å². The second-order valence-corrected chi connectivity index (χ2v) is 5.56. The van der Waals surface area contributed by atoms with E-state index in [1.54, 1.807) is 16.7 Å². The summed E-state index contributed by atoms with van der Waals surface area (Å²) in [4.78, 5) is 13.8. The summed E-state index contributed by atoms with van der Waals surface area (Å²) in [5.41, 5.74) is 5.87. The number of carbonyl (C=O) groups excluding carboxylic acids is 1. The van der Waals surface area contributed by atoms with Crippen molar-refractivity contribution < 1.29 is 4.79 Å². The van der Waals surface area contributed by atoms with Crippen molar-refractivity contribution in [1.82, 2.24) is 4.90 Å². The van der Waals surface area contributed by atoms with Crippen LogP contribution in [0.2, 0.25) is 0 Å². The lowest BCUT2D eigenvalue weighted by Crippen LogP contribution is -2.47. The van der Waals surface area contributed by atoms with Crippen LogP contribution >= 0.6 is 11.8 Å². The molecule has 2 fully saturated rings. The van der Waals surface area contributed by atoms with Crippen LogP contribution in [0, 0.1) is 17.2 Å². The Hall–Kier alpha value is -0.730. The van der Waals surface area contributed by atoms with Gasteiger partial charge in [-0.25, -0.2) is 0 Å². The fourth-order valence-corrected chi connectivity index (χ4v) is 2.94. The van der Waals surface area contributed by atoms with Crippen LogP contribution in [0.3, 0.4) is 0 Å². The molecule has 1 saturated heterocycles. The van der Waals surface area contributed by atoms with E-state index in [1.807, 2.05) is 6.26 Å². The lowest BCUT2D eigenvalue weighted by atomic mass is 10.1. The van der Waals surface area contributed by atoms with Crippen molar-refractivity contribution in [1.29, 1.82) is 5.26 Å². The zero-order valence-electron chi connectivity index (χ0n) is 9.43. The molecule has 0 radical (unpaired) electrons. The number of nitriles is 1. The molecule has 0 bridgehead atoms. The van der Waals surface area contributed by atoms with E-state index in [0.29, 0.717) is 18.4 Å². The average molecular weight is 239 g/mol. The van der Waals surface area contributed by atoms with Crippen molar-refractivity contribution in [2.75, 3.05) is 12.0 Å². The number of thioether (sulfide) groups is 1. The molecule has 2 N–H and O–H groups in total. The molecule has 1 unspecified atom stereocenters. The second-order valence-electron chi connectivity index (χ2n) is 4.58. The Balaban J connectivity index is 1.95. The molecule has 0 aromatic rings. The molecule has 0 aromatic heterocycles. The second kappa shape index (κ2) is 4.64. The molecule has 1 amide bonds. The maximum atomic E-state index is 12.1. The van der Waals surface area contributed by atoms with Crippen LogP contribution in [-0.4, -0.2) is 40.9 Å². The third-order valence-corrected chi connectivity index (χ3v) is 4.10. The standard InChI is InChI=1S/C11H17N3OS/c1-16-3-2-9(13)11(15)14-8(6-12)4-7-5-10(7)14/h7-10H,2-5,13H2,1H3/t7-,8?,9+,10+/m1/s1. The van der Waals surface area contributed by atoms with Crippen molar-refractivity contribution in [3.63, 3.8) is 0 Å². The molecule has 5 heteroatoms. The minimum Gasteiger partial charge on any atom is -0.322 e. The van der Waals surface area contributed by atoms with E-state index in [0.717, 1.165) is 18.6 Å². The van der Waals surface area contributed by atoms with Crippen LogP contribution in [0.15, 0.2) is 0 Å². The Morgan fingerprint density at radius 1 is 1.69 bits per heavy atom. The lowest BCUT2D eigenvalue weighted by molar-refractivity contribution is -0.133. The number of rotatable bonds is 4. The normalized spacial score (nSPS) is 33.1. The molecule has 1 heterocycles. The van der Waals surface area contributed by atoms with Crippen LogP contribution in [0.5, 0.6) is 0 Å². The number of carbonyl (C=O) groups is 1. The number of amides is 1. The van der Waals surface area contributed by atoms with Crippen LogP contribution in [0.4, 0.5) is 0 Å². The highest BCUT2D eigenvalue weighted by Crippen LogP contribution is 2.47. The summed E-state index contributed by atoms with van der Waals surface area (Å²) >= 11 is 1.69. The van der Waals surface area contributed by atoms with Gasteiger partial charge in [0, 0.05) is 6.04 Å². The molecule has 4 atom stereocenters. The smallest absolute Gasteiger partial charge is 0.240 e. The van der Waals surface area contributed by atoms with Crippen molar-refractivity contribution in [2.45, 2.75) is 37.4 Å². The molecule has 0 aromatic carbocycles. The summed E-state index contributed by atoms with van der Waals surface area (Å²) in [7, 11) is 0. The number of likely N-dealkylation sites (tertiary alicyclic amines) is 1. The summed E-state index contributed by atoms with van der Waals surface area (Å²) in [6.45, 7) is 0. The van der Waals surface area contributed by atoms with Crippen LogP contribution in [-0.2, 0) is 4.79 Å². The largest absolute Gasteiger partial charge is 0.322 e. The van der Waals surface area contributed by atoms with Gasteiger partial charge in [-0.05, 0) is 37.2 Å². The summed E-state index contributed by atoms with van der Waals surface area (Å²) < 4.78 is 0. The molecule has 2 rings (SSSR count). The molecule has 88 valence electrons. The van der Waals surface area contributed by atoms with Crippen LogP contribution in [0.25, 0.3) is 0 Å². The van der Waals surface area contributed by atoms with Gasteiger partial charge in [0.25, 0.3) is 0 Å². The molecule has 1 aliphatic heterocycles. The minimum atomic E-state index is -0.428. The van der Waals surface area contributed by atoms with E-state index >= 15 is 0 Å². The average Bonchev–Trinajstić information content (AvgIpc) is 2.96. The van der Waals surface area contributed by atoms with Gasteiger partial charge in [-0.2, -0.15) is 17.0 Å². The Labute approximate surface area is 100 Å². The fraction of sp³-hybridized carbons (Fsp3) is 0.818. The molecule has 4 nitrogen and oxygen atoms in total. The summed E-state index contributed by atoms with van der Waals surface area (Å²) in [6.07, 6.45) is 4.62. The third kappa shape index (κ3) is 2.04. The molecule has 2 aliphatic rings. The van der Waals surface area contributed by atoms with Gasteiger partial charge in [-0.1, -0.05) is 0 Å². The highest BCUT2D eigenvalue weighted by molar-refractivity contribution is 7.98. The van der Waals surface area contributed by atoms with Gasteiger partial charge < -0.3 is 10.6 Å². The maximum absolute atomic E-state index is 12.1. The predicted molar refractivity (Wildman–Crippen MR) is 63.7 cm³/mol. The van der Waals surface area contributed by atoms with Gasteiger partial charge in [-0.3, -0.25) is 4.79 Å². The van der Waals surface area contributed by atoms with E-state index < -0.39 is 6.04 Å². The number of hydrogen-bond acceptors (Lipinski definition) is 4. The Morgan fingerprint density at radius 2 is 2.44 bits per heavy atom. The SMILES string of the molecule is CSCC[C@H](N)C(=O)N1C(C#N)C[C@@H]2C[C@@H]21. The van der Waals surface area contributed by atoms with E-state index in [9.17, 15) is 4.79 Å².